The smallest absolute Gasteiger partial charge is 0.329 e. The van der Waals surface area contributed by atoms with Gasteiger partial charge in [-0.05, 0) is 49.7 Å². The third kappa shape index (κ3) is 4.39. The number of rotatable bonds is 8. The molecule has 34 heavy (non-hydrogen) atoms. The molecular formula is C24H27N5O5. The number of carbonyl (C=O) groups excluding carboxylic acids is 1. The van der Waals surface area contributed by atoms with Crippen molar-refractivity contribution in [2.45, 2.75) is 39.9 Å². The van der Waals surface area contributed by atoms with Crippen LogP contribution in [0.3, 0.4) is 0 Å². The van der Waals surface area contributed by atoms with Gasteiger partial charge in [-0.15, -0.1) is 0 Å². The van der Waals surface area contributed by atoms with Gasteiger partial charge in [0.2, 0.25) is 17.6 Å². The van der Waals surface area contributed by atoms with E-state index in [1.807, 2.05) is 38.1 Å². The van der Waals surface area contributed by atoms with Crippen LogP contribution >= 0.6 is 0 Å². The Morgan fingerprint density at radius 2 is 1.85 bits per heavy atom. The normalized spacial score (nSPS) is 11.2. The zero-order valence-corrected chi connectivity index (χ0v) is 19.8. The second kappa shape index (κ2) is 9.42. The number of imidazole rings is 1. The number of aromatic nitrogens is 4. The fraction of sp³-hybridized carbons (Fsp3) is 0.333. The maximum atomic E-state index is 13.2. The van der Waals surface area contributed by atoms with Gasteiger partial charge in [-0.2, -0.15) is 4.98 Å². The molecule has 10 nitrogen and oxygen atoms in total. The van der Waals surface area contributed by atoms with Gasteiger partial charge in [0, 0.05) is 25.1 Å². The van der Waals surface area contributed by atoms with Gasteiger partial charge in [0.25, 0.3) is 0 Å². The first-order valence-electron chi connectivity index (χ1n) is 10.9. The summed E-state index contributed by atoms with van der Waals surface area (Å²) in [6, 6.07) is 10.8. The van der Waals surface area contributed by atoms with Crippen molar-refractivity contribution in [3.63, 3.8) is 0 Å². The van der Waals surface area contributed by atoms with E-state index < -0.39 is 0 Å². The largest absolute Gasteiger partial charge is 0.493 e. The first kappa shape index (κ1) is 23.1. The van der Waals surface area contributed by atoms with E-state index in [0.717, 1.165) is 11.1 Å². The Kier molecular flexibility index (Phi) is 6.40. The highest BCUT2D eigenvalue weighted by Gasteiger charge is 2.19. The molecule has 2 heterocycles. The molecule has 4 aromatic rings. The van der Waals surface area contributed by atoms with Crippen molar-refractivity contribution in [2.24, 2.45) is 0 Å². The van der Waals surface area contributed by atoms with E-state index >= 15 is 0 Å². The van der Waals surface area contributed by atoms with Crippen LogP contribution in [0.4, 0.5) is 0 Å². The molecule has 1 N–H and O–H groups in total. The van der Waals surface area contributed by atoms with E-state index in [4.69, 9.17) is 14.0 Å². The van der Waals surface area contributed by atoms with Crippen LogP contribution in [-0.4, -0.2) is 39.4 Å². The van der Waals surface area contributed by atoms with Crippen molar-refractivity contribution in [2.75, 3.05) is 14.2 Å². The lowest BCUT2D eigenvalue weighted by Gasteiger charge is -2.11. The van der Waals surface area contributed by atoms with Crippen molar-refractivity contribution in [1.82, 2.24) is 24.6 Å². The predicted octanol–water partition coefficient (Wildman–Crippen LogP) is 3.08. The molecule has 0 aliphatic rings. The van der Waals surface area contributed by atoms with Gasteiger partial charge < -0.3 is 19.3 Å². The van der Waals surface area contributed by atoms with Crippen molar-refractivity contribution in [3.05, 3.63) is 58.3 Å². The topological polar surface area (TPSA) is 113 Å². The highest BCUT2D eigenvalue weighted by molar-refractivity contribution is 5.84. The lowest BCUT2D eigenvalue weighted by molar-refractivity contribution is -0.121. The molecule has 10 heteroatoms. The molecule has 1 amide bonds. The summed E-state index contributed by atoms with van der Waals surface area (Å²) in [5.41, 5.74) is 2.65. The Hall–Kier alpha value is -4.08. The molecule has 0 spiro atoms. The van der Waals surface area contributed by atoms with E-state index in [2.05, 4.69) is 15.5 Å². The molecule has 0 bridgehead atoms. The standard InChI is InChI=1S/C24H27N5O5/c1-14(2)29-18-8-7-17(23-26-15(3)34-27-23)11-19(18)28(24(29)31)13-22(30)25-12-16-6-9-20(32-4)21(10-16)33-5/h6-11,14H,12-13H2,1-5H3,(H,25,30). The Labute approximate surface area is 196 Å². The summed E-state index contributed by atoms with van der Waals surface area (Å²) < 4.78 is 18.8. The number of fused-ring (bicyclic) bond motifs is 1. The summed E-state index contributed by atoms with van der Waals surface area (Å²) in [6.07, 6.45) is 0. The van der Waals surface area contributed by atoms with Gasteiger partial charge in [-0.1, -0.05) is 11.2 Å². The lowest BCUT2D eigenvalue weighted by Crippen LogP contribution is -2.33. The monoisotopic (exact) mass is 465 g/mol. The zero-order valence-electron chi connectivity index (χ0n) is 19.8. The highest BCUT2D eigenvalue weighted by Crippen LogP contribution is 2.27. The van der Waals surface area contributed by atoms with E-state index in [9.17, 15) is 9.59 Å². The number of carbonyl (C=O) groups is 1. The first-order chi connectivity index (χ1) is 16.3. The number of amides is 1. The molecule has 4 rings (SSSR count). The van der Waals surface area contributed by atoms with Gasteiger partial charge in [-0.25, -0.2) is 4.79 Å². The number of hydrogen-bond acceptors (Lipinski definition) is 7. The average molecular weight is 466 g/mol. The number of nitrogens with zero attached hydrogens (tertiary/aromatic N) is 4. The van der Waals surface area contributed by atoms with Gasteiger partial charge >= 0.3 is 5.69 Å². The summed E-state index contributed by atoms with van der Waals surface area (Å²) in [6.45, 7) is 5.72. The Morgan fingerprint density at radius 1 is 1.09 bits per heavy atom. The van der Waals surface area contributed by atoms with Crippen molar-refractivity contribution >= 4 is 16.9 Å². The molecule has 0 aliphatic heterocycles. The SMILES string of the molecule is COc1ccc(CNC(=O)Cn2c(=O)n(C(C)C)c3ccc(-c4noc(C)n4)cc32)cc1OC. The Bertz CT molecular complexity index is 1400. The second-order valence-electron chi connectivity index (χ2n) is 8.14. The molecule has 178 valence electrons. The predicted molar refractivity (Wildman–Crippen MR) is 126 cm³/mol. The minimum Gasteiger partial charge on any atom is -0.493 e. The second-order valence-corrected chi connectivity index (χ2v) is 8.14. The summed E-state index contributed by atoms with van der Waals surface area (Å²) >= 11 is 0. The molecule has 0 fully saturated rings. The molecule has 0 aliphatic carbocycles. The quantitative estimate of drug-likeness (QED) is 0.425. The van der Waals surface area contributed by atoms with Crippen LogP contribution in [0.25, 0.3) is 22.4 Å². The van der Waals surface area contributed by atoms with Crippen LogP contribution in [0.5, 0.6) is 11.5 Å². The minimum absolute atomic E-state index is 0.0793. The number of nitrogens with one attached hydrogen (secondary N) is 1. The van der Waals surface area contributed by atoms with Gasteiger partial charge in [0.15, 0.2) is 11.5 Å². The molecular weight excluding hydrogens is 438 g/mol. The third-order valence-corrected chi connectivity index (χ3v) is 5.50. The number of benzene rings is 2. The number of hydrogen-bond donors (Lipinski definition) is 1. The van der Waals surface area contributed by atoms with E-state index in [1.165, 1.54) is 4.57 Å². The van der Waals surface area contributed by atoms with Crippen LogP contribution in [0.1, 0.15) is 31.3 Å². The Balaban J connectivity index is 1.62. The average Bonchev–Trinajstić information content (AvgIpc) is 3.38. The first-order valence-corrected chi connectivity index (χ1v) is 10.9. The van der Waals surface area contributed by atoms with Crippen molar-refractivity contribution < 1.29 is 18.8 Å². The van der Waals surface area contributed by atoms with Crippen LogP contribution < -0.4 is 20.5 Å². The Morgan fingerprint density at radius 3 is 2.50 bits per heavy atom. The van der Waals surface area contributed by atoms with Crippen LogP contribution in [-0.2, 0) is 17.9 Å². The molecule has 0 saturated carbocycles. The summed E-state index contributed by atoms with van der Waals surface area (Å²) in [7, 11) is 3.12. The third-order valence-electron chi connectivity index (χ3n) is 5.50. The van der Waals surface area contributed by atoms with Gasteiger partial charge in [-0.3, -0.25) is 13.9 Å². The maximum absolute atomic E-state index is 13.2. The molecule has 0 saturated heterocycles. The number of aryl methyl sites for hydroxylation is 1. The summed E-state index contributed by atoms with van der Waals surface area (Å²) in [5, 5.41) is 6.83. The van der Waals surface area contributed by atoms with Crippen molar-refractivity contribution in [3.8, 4) is 22.9 Å². The minimum atomic E-state index is -0.291. The highest BCUT2D eigenvalue weighted by atomic mass is 16.5. The number of ether oxygens (including phenoxy) is 2. The lowest BCUT2D eigenvalue weighted by atomic mass is 10.2. The number of methoxy groups -OCH3 is 2. The van der Waals surface area contributed by atoms with Crippen LogP contribution in [0, 0.1) is 6.92 Å². The maximum Gasteiger partial charge on any atom is 0.329 e. The van der Waals surface area contributed by atoms with Crippen LogP contribution in [0.2, 0.25) is 0 Å². The molecule has 0 radical (unpaired) electrons. The van der Waals surface area contributed by atoms with E-state index in [1.54, 1.807) is 37.8 Å². The van der Waals surface area contributed by atoms with E-state index in [0.29, 0.717) is 34.3 Å². The van der Waals surface area contributed by atoms with Gasteiger partial charge in [0.05, 0.1) is 25.3 Å². The van der Waals surface area contributed by atoms with Gasteiger partial charge in [0.1, 0.15) is 6.54 Å². The van der Waals surface area contributed by atoms with E-state index in [-0.39, 0.29) is 30.7 Å². The zero-order chi connectivity index (χ0) is 24.4. The molecule has 2 aromatic heterocycles. The summed E-state index contributed by atoms with van der Waals surface area (Å²) in [4.78, 5) is 30.3. The fourth-order valence-corrected chi connectivity index (χ4v) is 3.88. The molecule has 2 aromatic carbocycles. The van der Waals surface area contributed by atoms with Crippen LogP contribution in [0.15, 0.2) is 45.7 Å². The molecule has 0 atom stereocenters. The van der Waals surface area contributed by atoms with Crippen molar-refractivity contribution in [1.29, 1.82) is 0 Å². The molecule has 0 unspecified atom stereocenters. The fourth-order valence-electron chi connectivity index (χ4n) is 3.88. The summed E-state index contributed by atoms with van der Waals surface area (Å²) in [5.74, 6) is 1.77.